The van der Waals surface area contributed by atoms with Crippen molar-refractivity contribution in [2.24, 2.45) is 0 Å². The summed E-state index contributed by atoms with van der Waals surface area (Å²) >= 11 is 1.06. The van der Waals surface area contributed by atoms with Gasteiger partial charge in [-0.05, 0) is 18.0 Å². The van der Waals surface area contributed by atoms with E-state index in [0.29, 0.717) is 6.42 Å². The first-order valence-electron chi connectivity index (χ1n) is 4.35. The lowest BCUT2D eigenvalue weighted by molar-refractivity contribution is -0.142. The summed E-state index contributed by atoms with van der Waals surface area (Å²) in [5.74, 6) is -1.44. The molecule has 1 amide bonds. The largest absolute Gasteiger partial charge is 0.480 e. The van der Waals surface area contributed by atoms with E-state index in [1.807, 2.05) is 0 Å². The Balaban J connectivity index is 2.80. The van der Waals surface area contributed by atoms with Crippen molar-refractivity contribution in [3.8, 4) is 0 Å². The van der Waals surface area contributed by atoms with Crippen molar-refractivity contribution in [2.45, 2.75) is 19.4 Å². The molecule has 15 heavy (non-hydrogen) atoms. The molecule has 0 aliphatic heterocycles. The zero-order chi connectivity index (χ0) is 11.4. The zero-order valence-electron chi connectivity index (χ0n) is 8.38. The molecule has 6 nitrogen and oxygen atoms in total. The van der Waals surface area contributed by atoms with Crippen LogP contribution < -0.4 is 0 Å². The average Bonchev–Trinajstić information content (AvgIpc) is 2.69. The van der Waals surface area contributed by atoms with Gasteiger partial charge in [-0.1, -0.05) is 11.4 Å². The molecule has 7 heteroatoms. The molecule has 0 fully saturated rings. The van der Waals surface area contributed by atoms with Gasteiger partial charge in [0.2, 0.25) is 0 Å². The summed E-state index contributed by atoms with van der Waals surface area (Å²) in [5, 5.41) is 14.0. The Hall–Kier alpha value is -1.50. The van der Waals surface area contributed by atoms with Gasteiger partial charge in [0.1, 0.15) is 6.04 Å². The number of rotatable bonds is 4. The van der Waals surface area contributed by atoms with Crippen molar-refractivity contribution in [1.82, 2.24) is 14.5 Å². The van der Waals surface area contributed by atoms with Crippen molar-refractivity contribution in [3.05, 3.63) is 11.1 Å². The van der Waals surface area contributed by atoms with Crippen LogP contribution in [0.2, 0.25) is 0 Å². The number of carbonyl (C=O) groups excluding carboxylic acids is 1. The van der Waals surface area contributed by atoms with Gasteiger partial charge in [0.05, 0.1) is 0 Å². The Morgan fingerprint density at radius 3 is 2.73 bits per heavy atom. The minimum Gasteiger partial charge on any atom is -0.480 e. The molecule has 1 aromatic heterocycles. The predicted octanol–water partition coefficient (Wildman–Crippen LogP) is 0.473. The van der Waals surface area contributed by atoms with Crippen LogP contribution in [0.15, 0.2) is 5.38 Å². The number of nitrogens with zero attached hydrogens (tertiary/aromatic N) is 3. The first kappa shape index (κ1) is 11.6. The highest BCUT2D eigenvalue weighted by molar-refractivity contribution is 7.03. The quantitative estimate of drug-likeness (QED) is 0.811. The van der Waals surface area contributed by atoms with Crippen molar-refractivity contribution in [1.29, 1.82) is 0 Å². The standard InChI is InChI=1S/C8H11N3O3S/c1-3-6(8(13)14)11(2)7(12)5-4-15-10-9-5/h4,6H,3H2,1-2H3,(H,13,14). The van der Waals surface area contributed by atoms with Gasteiger partial charge >= 0.3 is 5.97 Å². The Morgan fingerprint density at radius 2 is 2.33 bits per heavy atom. The second-order valence-corrected chi connectivity index (χ2v) is 3.58. The van der Waals surface area contributed by atoms with E-state index in [0.717, 1.165) is 11.5 Å². The van der Waals surface area contributed by atoms with Crippen LogP contribution >= 0.6 is 11.5 Å². The van der Waals surface area contributed by atoms with Gasteiger partial charge < -0.3 is 10.0 Å². The zero-order valence-corrected chi connectivity index (χ0v) is 9.19. The molecule has 0 aliphatic rings. The van der Waals surface area contributed by atoms with E-state index in [1.165, 1.54) is 17.3 Å². The summed E-state index contributed by atoms with van der Waals surface area (Å²) in [6.45, 7) is 1.71. The fourth-order valence-corrected chi connectivity index (χ4v) is 1.62. The highest BCUT2D eigenvalue weighted by Crippen LogP contribution is 2.08. The predicted molar refractivity (Wildman–Crippen MR) is 53.7 cm³/mol. The van der Waals surface area contributed by atoms with Crippen molar-refractivity contribution < 1.29 is 14.7 Å². The third-order valence-electron chi connectivity index (χ3n) is 2.04. The second-order valence-electron chi connectivity index (χ2n) is 2.97. The number of hydrogen-bond acceptors (Lipinski definition) is 5. The number of hydrogen-bond donors (Lipinski definition) is 1. The van der Waals surface area contributed by atoms with Gasteiger partial charge in [0.25, 0.3) is 5.91 Å². The van der Waals surface area contributed by atoms with Gasteiger partial charge in [0.15, 0.2) is 5.69 Å². The van der Waals surface area contributed by atoms with E-state index in [-0.39, 0.29) is 5.69 Å². The molecule has 0 saturated carbocycles. The summed E-state index contributed by atoms with van der Waals surface area (Å²) in [6.07, 6.45) is 0.356. The average molecular weight is 229 g/mol. The smallest absolute Gasteiger partial charge is 0.326 e. The highest BCUT2D eigenvalue weighted by atomic mass is 32.1. The van der Waals surface area contributed by atoms with Crippen LogP contribution in [0.25, 0.3) is 0 Å². The maximum absolute atomic E-state index is 11.7. The van der Waals surface area contributed by atoms with Crippen LogP contribution in [-0.2, 0) is 4.79 Å². The Labute approximate surface area is 90.7 Å². The van der Waals surface area contributed by atoms with Gasteiger partial charge in [-0.15, -0.1) is 5.10 Å². The van der Waals surface area contributed by atoms with Crippen LogP contribution in [0.5, 0.6) is 0 Å². The molecule has 1 unspecified atom stereocenters. The summed E-state index contributed by atoms with van der Waals surface area (Å²) in [6, 6.07) is -0.820. The van der Waals surface area contributed by atoms with Gasteiger partial charge in [-0.3, -0.25) is 4.79 Å². The monoisotopic (exact) mass is 229 g/mol. The number of carboxylic acids is 1. The SMILES string of the molecule is CCC(C(=O)O)N(C)C(=O)c1csnn1. The third-order valence-corrected chi connectivity index (χ3v) is 2.54. The second kappa shape index (κ2) is 4.83. The minimum atomic E-state index is -1.02. The molecular weight excluding hydrogens is 218 g/mol. The molecule has 1 atom stereocenters. The minimum absolute atomic E-state index is 0.183. The molecule has 0 radical (unpaired) electrons. The maximum Gasteiger partial charge on any atom is 0.326 e. The van der Waals surface area contributed by atoms with Crippen LogP contribution in [0, 0.1) is 0 Å². The molecule has 1 aromatic rings. The topological polar surface area (TPSA) is 83.4 Å². The number of likely N-dealkylation sites (N-methyl/N-ethyl adjacent to an activating group) is 1. The van der Waals surface area contributed by atoms with Gasteiger partial charge in [-0.2, -0.15) is 0 Å². The molecule has 0 spiro atoms. The van der Waals surface area contributed by atoms with Crippen LogP contribution in [0.3, 0.4) is 0 Å². The lowest BCUT2D eigenvalue weighted by atomic mass is 10.2. The molecule has 82 valence electrons. The molecule has 1 rings (SSSR count). The fraction of sp³-hybridized carbons (Fsp3) is 0.500. The van der Waals surface area contributed by atoms with E-state index >= 15 is 0 Å². The lowest BCUT2D eigenvalue weighted by Gasteiger charge is -2.22. The Kier molecular flexibility index (Phi) is 3.73. The highest BCUT2D eigenvalue weighted by Gasteiger charge is 2.26. The van der Waals surface area contributed by atoms with Crippen LogP contribution in [0.1, 0.15) is 23.8 Å². The van der Waals surface area contributed by atoms with E-state index in [4.69, 9.17) is 5.11 Å². The fourth-order valence-electron chi connectivity index (χ4n) is 1.19. The van der Waals surface area contributed by atoms with Gasteiger partial charge in [0, 0.05) is 12.4 Å². The summed E-state index contributed by atoms with van der Waals surface area (Å²) < 4.78 is 3.55. The molecule has 1 N–H and O–H groups in total. The lowest BCUT2D eigenvalue weighted by Crippen LogP contribution is -2.42. The molecule has 0 saturated heterocycles. The van der Waals surface area contributed by atoms with Crippen molar-refractivity contribution >= 4 is 23.4 Å². The normalized spacial score (nSPS) is 12.1. The number of amides is 1. The summed E-state index contributed by atoms with van der Waals surface area (Å²) in [4.78, 5) is 23.7. The number of carbonyl (C=O) groups is 2. The van der Waals surface area contributed by atoms with Crippen LogP contribution in [0.4, 0.5) is 0 Å². The van der Waals surface area contributed by atoms with Crippen molar-refractivity contribution in [3.63, 3.8) is 0 Å². The Morgan fingerprint density at radius 1 is 1.67 bits per heavy atom. The molecule has 0 aliphatic carbocycles. The van der Waals surface area contributed by atoms with Crippen molar-refractivity contribution in [2.75, 3.05) is 7.05 Å². The molecular formula is C8H11N3O3S. The first-order valence-corrected chi connectivity index (χ1v) is 5.18. The van der Waals surface area contributed by atoms with E-state index in [1.54, 1.807) is 6.92 Å². The number of carboxylic acid groups (broad SMARTS) is 1. The van der Waals surface area contributed by atoms with E-state index in [2.05, 4.69) is 9.59 Å². The molecule has 0 aromatic carbocycles. The van der Waals surface area contributed by atoms with Crippen LogP contribution in [-0.4, -0.2) is 44.6 Å². The number of aliphatic carboxylic acids is 1. The van der Waals surface area contributed by atoms with E-state index < -0.39 is 17.9 Å². The maximum atomic E-state index is 11.7. The third kappa shape index (κ3) is 2.50. The van der Waals surface area contributed by atoms with E-state index in [9.17, 15) is 9.59 Å². The summed E-state index contributed by atoms with van der Waals surface area (Å²) in [7, 11) is 1.45. The van der Waals surface area contributed by atoms with Gasteiger partial charge in [-0.25, -0.2) is 4.79 Å². The molecule has 0 bridgehead atoms. The summed E-state index contributed by atoms with van der Waals surface area (Å²) in [5.41, 5.74) is 0.183. The molecule has 1 heterocycles. The number of aromatic nitrogens is 2. The first-order chi connectivity index (χ1) is 7.07. The Bertz CT molecular complexity index is 352.